The minimum absolute atomic E-state index is 0.192. The highest BCUT2D eigenvalue weighted by molar-refractivity contribution is 5.89. The number of hydrogen-bond donors (Lipinski definition) is 0. The van der Waals surface area contributed by atoms with Gasteiger partial charge in [-0.1, -0.05) is 142 Å². The highest BCUT2D eigenvalue weighted by Crippen LogP contribution is 2.58. The van der Waals surface area contributed by atoms with E-state index in [4.69, 9.17) is 0 Å². The SMILES string of the molecule is CC(C)(C)C1=Cc2ccc3c4c2C(CCC4C(c2ccc(-c4cccnc4)cc2)C=C3C2=CC(N3c4ccccc4C4C=CC=CC43)CC=C2)C1. The number of nitrogens with zero attached hydrogens (tertiary/aromatic N) is 2. The summed E-state index contributed by atoms with van der Waals surface area (Å²) in [6.07, 6.45) is 30.5. The Morgan fingerprint density at radius 2 is 1.65 bits per heavy atom. The van der Waals surface area contributed by atoms with Crippen LogP contribution >= 0.6 is 0 Å². The molecule has 1 aliphatic heterocycles. The Bertz CT molecular complexity index is 2220. The van der Waals surface area contributed by atoms with Crippen LogP contribution in [-0.4, -0.2) is 17.1 Å². The maximum absolute atomic E-state index is 4.38. The van der Waals surface area contributed by atoms with Crippen LogP contribution in [-0.2, 0) is 0 Å². The van der Waals surface area contributed by atoms with E-state index in [0.29, 0.717) is 35.8 Å². The molecule has 252 valence electrons. The Balaban J connectivity index is 1.11. The van der Waals surface area contributed by atoms with Gasteiger partial charge >= 0.3 is 0 Å². The summed E-state index contributed by atoms with van der Waals surface area (Å²) >= 11 is 0. The van der Waals surface area contributed by atoms with Gasteiger partial charge in [0.1, 0.15) is 0 Å². The van der Waals surface area contributed by atoms with Crippen LogP contribution in [0.5, 0.6) is 0 Å². The second-order valence-corrected chi connectivity index (χ2v) is 16.6. The first-order chi connectivity index (χ1) is 24.9. The summed E-state index contributed by atoms with van der Waals surface area (Å²) in [5, 5.41) is 0. The van der Waals surface area contributed by atoms with Crippen LogP contribution in [0.25, 0.3) is 22.8 Å². The fraction of sp³-hybridized carbons (Fsp3) is 0.286. The molecule has 0 bridgehead atoms. The van der Waals surface area contributed by atoms with E-state index in [1.807, 2.05) is 18.5 Å². The third kappa shape index (κ3) is 5.01. The molecule has 0 fully saturated rings. The summed E-state index contributed by atoms with van der Waals surface area (Å²) in [5.41, 5.74) is 17.5. The second-order valence-electron chi connectivity index (χ2n) is 16.6. The van der Waals surface area contributed by atoms with E-state index in [1.54, 1.807) is 16.7 Å². The van der Waals surface area contributed by atoms with Crippen molar-refractivity contribution in [2.24, 2.45) is 5.41 Å². The molecular weight excluding hydrogens is 617 g/mol. The number of hydrogen-bond acceptors (Lipinski definition) is 2. The number of aromatic nitrogens is 1. The maximum atomic E-state index is 4.38. The van der Waals surface area contributed by atoms with Gasteiger partial charge in [-0.3, -0.25) is 4.98 Å². The molecule has 2 heteroatoms. The van der Waals surface area contributed by atoms with Crippen molar-refractivity contribution in [1.82, 2.24) is 4.98 Å². The predicted octanol–water partition coefficient (Wildman–Crippen LogP) is 12.1. The van der Waals surface area contributed by atoms with Gasteiger partial charge in [-0.2, -0.15) is 0 Å². The van der Waals surface area contributed by atoms with Gasteiger partial charge < -0.3 is 4.90 Å². The van der Waals surface area contributed by atoms with Crippen molar-refractivity contribution in [3.63, 3.8) is 0 Å². The Morgan fingerprint density at radius 3 is 2.49 bits per heavy atom. The average molecular weight is 663 g/mol. The molecule has 10 rings (SSSR count). The Morgan fingerprint density at radius 1 is 0.784 bits per heavy atom. The molecule has 0 spiro atoms. The van der Waals surface area contributed by atoms with E-state index >= 15 is 0 Å². The van der Waals surface area contributed by atoms with Gasteiger partial charge in [-0.05, 0) is 111 Å². The summed E-state index contributed by atoms with van der Waals surface area (Å²) in [4.78, 5) is 7.09. The molecule has 51 heavy (non-hydrogen) atoms. The molecule has 6 unspecified atom stereocenters. The van der Waals surface area contributed by atoms with Crippen molar-refractivity contribution < 1.29 is 0 Å². The van der Waals surface area contributed by atoms with Gasteiger partial charge in [0, 0.05) is 29.9 Å². The van der Waals surface area contributed by atoms with Crippen LogP contribution in [0, 0.1) is 5.41 Å². The minimum atomic E-state index is 0.192. The molecule has 1 aromatic heterocycles. The molecule has 0 saturated carbocycles. The molecule has 0 saturated heterocycles. The number of anilines is 1. The lowest BCUT2D eigenvalue weighted by atomic mass is 9.60. The quantitative estimate of drug-likeness (QED) is 0.216. The molecule has 2 nitrogen and oxygen atoms in total. The van der Waals surface area contributed by atoms with Crippen molar-refractivity contribution in [3.8, 4) is 11.1 Å². The molecule has 0 radical (unpaired) electrons. The van der Waals surface area contributed by atoms with Crippen molar-refractivity contribution in [2.45, 2.75) is 82.2 Å². The number of pyridine rings is 1. The van der Waals surface area contributed by atoms with Crippen molar-refractivity contribution in [2.75, 3.05) is 4.90 Å². The topological polar surface area (TPSA) is 16.1 Å². The van der Waals surface area contributed by atoms with Crippen LogP contribution < -0.4 is 4.90 Å². The van der Waals surface area contributed by atoms with Crippen LogP contribution in [0.15, 0.2) is 145 Å². The fourth-order valence-corrected chi connectivity index (χ4v) is 10.3. The number of para-hydroxylation sites is 1. The summed E-state index contributed by atoms with van der Waals surface area (Å²) < 4.78 is 0. The van der Waals surface area contributed by atoms with Gasteiger partial charge in [0.25, 0.3) is 0 Å². The minimum Gasteiger partial charge on any atom is -0.357 e. The molecular formula is C49H46N2. The Kier molecular flexibility index (Phi) is 7.14. The van der Waals surface area contributed by atoms with Crippen molar-refractivity contribution >= 4 is 17.3 Å². The normalized spacial score (nSPS) is 26.9. The lowest BCUT2D eigenvalue weighted by molar-refractivity contribution is 0.412. The molecule has 3 aromatic carbocycles. The second kappa shape index (κ2) is 11.8. The zero-order valence-corrected chi connectivity index (χ0v) is 30.0. The van der Waals surface area contributed by atoms with Gasteiger partial charge in [0.05, 0.1) is 12.1 Å². The zero-order valence-electron chi connectivity index (χ0n) is 30.0. The molecule has 4 aromatic rings. The third-order valence-electron chi connectivity index (χ3n) is 12.8. The summed E-state index contributed by atoms with van der Waals surface area (Å²) in [6, 6.07) is 28.3. The first kappa shape index (κ1) is 30.8. The maximum Gasteiger partial charge on any atom is 0.0586 e. The standard InChI is InChI=1S/C49H46N2/c1-49(2,3)37-26-34-21-23-41-43(32-19-17-31(18-20-32)36-11-9-25-50-30-36)29-44(42-24-22-35(27-37)47(34)48(41)42)33-10-8-12-38(28-33)51-45-15-6-4-13-39(45)40-14-5-7-16-46(40)51/h4-11,13-20,22,24-25,27-30,34,38-39,41,43,45H,12,21,23,26H2,1-3H3. The first-order valence-electron chi connectivity index (χ1n) is 19.1. The van der Waals surface area contributed by atoms with Gasteiger partial charge in [0.2, 0.25) is 0 Å². The van der Waals surface area contributed by atoms with E-state index < -0.39 is 0 Å². The van der Waals surface area contributed by atoms with Crippen LogP contribution in [0.3, 0.4) is 0 Å². The van der Waals surface area contributed by atoms with Crippen LogP contribution in [0.2, 0.25) is 0 Å². The fourth-order valence-electron chi connectivity index (χ4n) is 10.3. The summed E-state index contributed by atoms with van der Waals surface area (Å²) in [5.74, 6) is 1.83. The smallest absolute Gasteiger partial charge is 0.0586 e. The van der Waals surface area contributed by atoms with Crippen molar-refractivity contribution in [1.29, 1.82) is 0 Å². The highest BCUT2D eigenvalue weighted by Gasteiger charge is 2.43. The van der Waals surface area contributed by atoms with Crippen LogP contribution in [0.4, 0.5) is 5.69 Å². The van der Waals surface area contributed by atoms with Crippen LogP contribution in [0.1, 0.15) is 104 Å². The number of benzene rings is 3. The third-order valence-corrected chi connectivity index (χ3v) is 12.8. The average Bonchev–Trinajstić information content (AvgIpc) is 3.51. The lowest BCUT2D eigenvalue weighted by Crippen LogP contribution is -2.41. The molecule has 5 aliphatic carbocycles. The molecule has 2 heterocycles. The molecule has 0 amide bonds. The monoisotopic (exact) mass is 662 g/mol. The first-order valence-corrected chi connectivity index (χ1v) is 19.1. The molecule has 0 N–H and O–H groups in total. The zero-order chi connectivity index (χ0) is 34.3. The van der Waals surface area contributed by atoms with E-state index in [0.717, 1.165) is 6.42 Å². The predicted molar refractivity (Wildman–Crippen MR) is 213 cm³/mol. The lowest BCUT2D eigenvalue weighted by Gasteiger charge is -2.44. The summed E-state index contributed by atoms with van der Waals surface area (Å²) in [7, 11) is 0. The van der Waals surface area contributed by atoms with E-state index in [2.05, 4.69) is 152 Å². The molecule has 6 aliphatic rings. The largest absolute Gasteiger partial charge is 0.357 e. The number of rotatable bonds is 4. The molecule has 6 atom stereocenters. The van der Waals surface area contributed by atoms with E-state index in [1.165, 1.54) is 69.5 Å². The number of fused-ring (bicyclic) bond motifs is 3. The van der Waals surface area contributed by atoms with E-state index in [-0.39, 0.29) is 5.41 Å². The Hall–Kier alpha value is -4.95. The van der Waals surface area contributed by atoms with Gasteiger partial charge in [-0.25, -0.2) is 0 Å². The van der Waals surface area contributed by atoms with Crippen molar-refractivity contribution in [3.05, 3.63) is 178 Å². The number of allylic oxidation sites excluding steroid dienone is 7. The highest BCUT2D eigenvalue weighted by atomic mass is 15.2. The van der Waals surface area contributed by atoms with Gasteiger partial charge in [0.15, 0.2) is 0 Å². The summed E-state index contributed by atoms with van der Waals surface area (Å²) in [6.45, 7) is 7.16. The Labute approximate surface area is 303 Å². The van der Waals surface area contributed by atoms with E-state index in [9.17, 15) is 0 Å². The van der Waals surface area contributed by atoms with Gasteiger partial charge in [-0.15, -0.1) is 0 Å².